The van der Waals surface area contributed by atoms with Crippen molar-refractivity contribution >= 4 is 16.8 Å². The van der Waals surface area contributed by atoms with Gasteiger partial charge >= 0.3 is 0 Å². The van der Waals surface area contributed by atoms with Crippen LogP contribution in [-0.2, 0) is 4.79 Å². The fourth-order valence-electron chi connectivity index (χ4n) is 4.18. The molecule has 4 rings (SSSR count). The maximum absolute atomic E-state index is 12.8. The number of H-pyrrole nitrogens is 1. The van der Waals surface area contributed by atoms with Gasteiger partial charge in [-0.05, 0) is 43.2 Å². The third-order valence-electron chi connectivity index (χ3n) is 5.20. The van der Waals surface area contributed by atoms with Gasteiger partial charge in [0.1, 0.15) is 5.82 Å². The molecule has 4 unspecified atom stereocenters. The van der Waals surface area contributed by atoms with Crippen LogP contribution in [0.3, 0.4) is 0 Å². The Labute approximate surface area is 123 Å². The van der Waals surface area contributed by atoms with Crippen LogP contribution in [0.5, 0.6) is 0 Å². The monoisotopic (exact) mass is 279 g/mol. The van der Waals surface area contributed by atoms with E-state index in [1.165, 1.54) is 12.8 Å². The number of nitrogens with zero attached hydrogens (tertiary/aromatic N) is 2. The van der Waals surface area contributed by atoms with Crippen LogP contribution in [0.4, 0.5) is 0 Å². The molecule has 1 aromatic heterocycles. The van der Waals surface area contributed by atoms with E-state index in [0.29, 0.717) is 17.7 Å². The van der Waals surface area contributed by atoms with Gasteiger partial charge in [0.15, 0.2) is 11.7 Å². The van der Waals surface area contributed by atoms with Crippen molar-refractivity contribution < 1.29 is 4.79 Å². The first kappa shape index (κ1) is 12.6. The molecule has 4 atom stereocenters. The van der Waals surface area contributed by atoms with E-state index in [1.54, 1.807) is 0 Å². The van der Waals surface area contributed by atoms with Crippen molar-refractivity contribution in [3.8, 4) is 6.07 Å². The van der Waals surface area contributed by atoms with E-state index >= 15 is 0 Å². The summed E-state index contributed by atoms with van der Waals surface area (Å²) in [5.74, 6) is 1.11. The fourth-order valence-corrected chi connectivity index (χ4v) is 4.18. The van der Waals surface area contributed by atoms with E-state index < -0.39 is 5.92 Å². The molecule has 1 heterocycles. The lowest BCUT2D eigenvalue weighted by atomic mass is 9.81. The second kappa shape index (κ2) is 4.70. The SMILES string of the molecule is N#CC(C(=O)C1CC2CCC1C2)c1nc2ccccc2[nH]1. The van der Waals surface area contributed by atoms with Crippen molar-refractivity contribution in [2.45, 2.75) is 31.6 Å². The summed E-state index contributed by atoms with van der Waals surface area (Å²) in [6, 6.07) is 9.81. The molecule has 106 valence electrons. The van der Waals surface area contributed by atoms with Crippen LogP contribution in [0.2, 0.25) is 0 Å². The number of Topliss-reactive ketones (excluding diaryl/α,β-unsaturated/α-hetero) is 1. The van der Waals surface area contributed by atoms with Crippen molar-refractivity contribution in [1.29, 1.82) is 5.26 Å². The maximum atomic E-state index is 12.8. The Morgan fingerprint density at radius 2 is 2.19 bits per heavy atom. The Bertz CT molecular complexity index is 709. The molecule has 21 heavy (non-hydrogen) atoms. The first-order chi connectivity index (χ1) is 10.3. The number of fused-ring (bicyclic) bond motifs is 3. The van der Waals surface area contributed by atoms with Gasteiger partial charge in [0, 0.05) is 5.92 Å². The number of imidazole rings is 1. The molecule has 2 aliphatic carbocycles. The number of para-hydroxylation sites is 2. The number of nitriles is 1. The summed E-state index contributed by atoms with van der Waals surface area (Å²) in [5, 5.41) is 9.47. The van der Waals surface area contributed by atoms with Crippen molar-refractivity contribution in [2.24, 2.45) is 17.8 Å². The average molecular weight is 279 g/mol. The molecule has 0 radical (unpaired) electrons. The zero-order valence-corrected chi connectivity index (χ0v) is 11.7. The van der Waals surface area contributed by atoms with E-state index in [9.17, 15) is 10.1 Å². The highest BCUT2D eigenvalue weighted by molar-refractivity contribution is 5.91. The Kier molecular flexibility index (Phi) is 2.81. The minimum absolute atomic E-state index is 0.0709. The number of hydrogen-bond donors (Lipinski definition) is 1. The quantitative estimate of drug-likeness (QED) is 0.938. The van der Waals surface area contributed by atoms with Gasteiger partial charge in [-0.15, -0.1) is 0 Å². The van der Waals surface area contributed by atoms with Gasteiger partial charge in [-0.1, -0.05) is 18.6 Å². The molecule has 2 fully saturated rings. The second-order valence-electron chi connectivity index (χ2n) is 6.39. The summed E-state index contributed by atoms with van der Waals surface area (Å²) < 4.78 is 0. The number of carbonyl (C=O) groups is 1. The lowest BCUT2D eigenvalue weighted by molar-refractivity contribution is -0.124. The summed E-state index contributed by atoms with van der Waals surface area (Å²) in [5.41, 5.74) is 1.70. The minimum atomic E-state index is -0.748. The average Bonchev–Trinajstić information content (AvgIpc) is 3.22. The van der Waals surface area contributed by atoms with E-state index in [1.807, 2.05) is 24.3 Å². The molecule has 1 aromatic carbocycles. The smallest absolute Gasteiger partial charge is 0.162 e. The molecule has 4 nitrogen and oxygen atoms in total. The molecule has 0 amide bonds. The van der Waals surface area contributed by atoms with Crippen LogP contribution >= 0.6 is 0 Å². The minimum Gasteiger partial charge on any atom is -0.340 e. The number of nitrogens with one attached hydrogen (secondary N) is 1. The normalized spacial score (nSPS) is 28.6. The van der Waals surface area contributed by atoms with Crippen molar-refractivity contribution in [1.82, 2.24) is 9.97 Å². The number of rotatable bonds is 3. The van der Waals surface area contributed by atoms with Crippen LogP contribution in [0.1, 0.15) is 37.4 Å². The lowest BCUT2D eigenvalue weighted by Crippen LogP contribution is -2.26. The van der Waals surface area contributed by atoms with Gasteiger partial charge in [0.05, 0.1) is 17.1 Å². The lowest BCUT2D eigenvalue weighted by Gasteiger charge is -2.21. The van der Waals surface area contributed by atoms with Crippen LogP contribution in [0.25, 0.3) is 11.0 Å². The summed E-state index contributed by atoms with van der Waals surface area (Å²) >= 11 is 0. The molecule has 4 heteroatoms. The highest BCUT2D eigenvalue weighted by atomic mass is 16.1. The number of carbonyl (C=O) groups excluding carboxylic acids is 1. The Hall–Kier alpha value is -2.15. The number of hydrogen-bond acceptors (Lipinski definition) is 3. The Balaban J connectivity index is 1.65. The van der Waals surface area contributed by atoms with Gasteiger partial charge in [0.25, 0.3) is 0 Å². The largest absolute Gasteiger partial charge is 0.340 e. The Morgan fingerprint density at radius 1 is 1.33 bits per heavy atom. The summed E-state index contributed by atoms with van der Waals surface area (Å²) in [6.07, 6.45) is 4.56. The van der Waals surface area contributed by atoms with Gasteiger partial charge < -0.3 is 4.98 Å². The molecular weight excluding hydrogens is 262 g/mol. The van der Waals surface area contributed by atoms with E-state index in [0.717, 1.165) is 23.9 Å². The maximum Gasteiger partial charge on any atom is 0.162 e. The fraction of sp³-hybridized carbons (Fsp3) is 0.471. The first-order valence-corrected chi connectivity index (χ1v) is 7.64. The van der Waals surface area contributed by atoms with Crippen LogP contribution in [0.15, 0.2) is 24.3 Å². The molecule has 0 aliphatic heterocycles. The van der Waals surface area contributed by atoms with E-state index in [2.05, 4.69) is 16.0 Å². The molecule has 0 spiro atoms. The van der Waals surface area contributed by atoms with E-state index in [-0.39, 0.29) is 11.7 Å². The molecule has 1 N–H and O–H groups in total. The zero-order valence-electron chi connectivity index (χ0n) is 11.7. The van der Waals surface area contributed by atoms with Crippen LogP contribution in [-0.4, -0.2) is 15.8 Å². The van der Waals surface area contributed by atoms with Crippen molar-refractivity contribution in [3.05, 3.63) is 30.1 Å². The van der Waals surface area contributed by atoms with Gasteiger partial charge in [-0.25, -0.2) is 4.98 Å². The standard InChI is InChI=1S/C17H17N3O/c18-9-13(16(21)12-8-10-5-6-11(12)7-10)17-19-14-3-1-2-4-15(14)20-17/h1-4,10-13H,5-8H2,(H,19,20). The van der Waals surface area contributed by atoms with Crippen LogP contribution < -0.4 is 0 Å². The summed E-state index contributed by atoms with van der Waals surface area (Å²) in [4.78, 5) is 20.3. The number of aromatic nitrogens is 2. The molecule has 2 aliphatic rings. The molecule has 2 saturated carbocycles. The highest BCUT2D eigenvalue weighted by Crippen LogP contribution is 2.49. The molecule has 0 saturated heterocycles. The summed E-state index contributed by atoms with van der Waals surface area (Å²) in [7, 11) is 0. The third kappa shape index (κ3) is 1.96. The number of ketones is 1. The molecular formula is C17H17N3O. The Morgan fingerprint density at radius 3 is 2.86 bits per heavy atom. The van der Waals surface area contributed by atoms with Gasteiger partial charge in [0.2, 0.25) is 0 Å². The topological polar surface area (TPSA) is 69.5 Å². The summed E-state index contributed by atoms with van der Waals surface area (Å²) in [6.45, 7) is 0. The third-order valence-corrected chi connectivity index (χ3v) is 5.20. The van der Waals surface area contributed by atoms with Crippen molar-refractivity contribution in [3.63, 3.8) is 0 Å². The zero-order chi connectivity index (χ0) is 14.4. The second-order valence-corrected chi connectivity index (χ2v) is 6.39. The van der Waals surface area contributed by atoms with Gasteiger partial charge in [-0.2, -0.15) is 5.26 Å². The predicted octanol–water partition coefficient (Wildman–Crippen LogP) is 3.18. The van der Waals surface area contributed by atoms with Gasteiger partial charge in [-0.3, -0.25) is 4.79 Å². The first-order valence-electron chi connectivity index (χ1n) is 7.64. The number of aromatic amines is 1. The highest BCUT2D eigenvalue weighted by Gasteiger charge is 2.45. The predicted molar refractivity (Wildman–Crippen MR) is 78.4 cm³/mol. The van der Waals surface area contributed by atoms with Crippen molar-refractivity contribution in [2.75, 3.05) is 0 Å². The number of benzene rings is 1. The molecule has 2 bridgehead atoms. The van der Waals surface area contributed by atoms with Crippen LogP contribution in [0, 0.1) is 29.1 Å². The van der Waals surface area contributed by atoms with E-state index in [4.69, 9.17) is 0 Å². The molecule has 2 aromatic rings.